The average molecular weight is 520 g/mol. The Bertz CT molecular complexity index is 1320. The maximum absolute atomic E-state index is 13.4. The number of anilines is 2. The molecule has 0 fully saturated rings. The number of hydrogen-bond donors (Lipinski definition) is 3. The van der Waals surface area contributed by atoms with E-state index in [4.69, 9.17) is 9.47 Å². The predicted molar refractivity (Wildman–Crippen MR) is 151 cm³/mol. The molecule has 0 unspecified atom stereocenters. The zero-order valence-electron chi connectivity index (χ0n) is 23.2. The molecule has 3 aromatic carbocycles. The van der Waals surface area contributed by atoms with E-state index in [2.05, 4.69) is 16.0 Å². The highest BCUT2D eigenvalue weighted by atomic mass is 16.5. The molecule has 3 rings (SSSR count). The maximum Gasteiger partial charge on any atom is 0.330 e. The Morgan fingerprint density at radius 2 is 1.50 bits per heavy atom. The molecule has 202 valence electrons. The van der Waals surface area contributed by atoms with Gasteiger partial charge in [0.25, 0.3) is 5.91 Å². The van der Waals surface area contributed by atoms with Crippen LogP contribution in [-0.4, -0.2) is 44.3 Å². The van der Waals surface area contributed by atoms with E-state index in [9.17, 15) is 14.4 Å². The summed E-state index contributed by atoms with van der Waals surface area (Å²) in [6, 6.07) is 13.4. The van der Waals surface area contributed by atoms with Crippen molar-refractivity contribution in [3.05, 3.63) is 70.8 Å². The first-order valence-electron chi connectivity index (χ1n) is 12.5. The fourth-order valence-electron chi connectivity index (χ4n) is 4.21. The van der Waals surface area contributed by atoms with E-state index in [1.54, 1.807) is 12.1 Å². The summed E-state index contributed by atoms with van der Waals surface area (Å²) in [5.41, 5.74) is 4.09. The zero-order valence-corrected chi connectivity index (χ0v) is 23.2. The van der Waals surface area contributed by atoms with Gasteiger partial charge in [-0.25, -0.2) is 9.59 Å². The van der Waals surface area contributed by atoms with Crippen LogP contribution >= 0.6 is 0 Å². The van der Waals surface area contributed by atoms with Gasteiger partial charge in [0.1, 0.15) is 0 Å². The lowest BCUT2D eigenvalue weighted by Crippen LogP contribution is -2.45. The predicted octanol–water partition coefficient (Wildman–Crippen LogP) is 5.74. The van der Waals surface area contributed by atoms with E-state index in [0.29, 0.717) is 18.0 Å². The van der Waals surface area contributed by atoms with Crippen molar-refractivity contribution in [2.75, 3.05) is 31.0 Å². The number of amides is 3. The lowest BCUT2D eigenvalue weighted by molar-refractivity contribution is -0.144. The summed E-state index contributed by atoms with van der Waals surface area (Å²) in [6.45, 7) is 12.2. The number of carbonyl (C=O) groups excluding carboxylic acids is 3. The van der Waals surface area contributed by atoms with Crippen LogP contribution in [0.25, 0.3) is 10.8 Å². The minimum atomic E-state index is -1.01. The molecule has 0 aromatic heterocycles. The second-order valence-corrected chi connectivity index (χ2v) is 10.7. The first-order valence-corrected chi connectivity index (χ1v) is 12.5. The molecule has 3 amide bonds. The SMILES string of the molecule is COC(=O)[C@H](COCC(C)(C)C)NC(=O)c1cc2ccccc2cc1NC(=O)Nc1c(C)cc(C)cc1C. The Hall–Kier alpha value is -3.91. The number of rotatable bonds is 8. The summed E-state index contributed by atoms with van der Waals surface area (Å²) in [5, 5.41) is 10.1. The summed E-state index contributed by atoms with van der Waals surface area (Å²) in [5.74, 6) is -1.16. The first kappa shape index (κ1) is 28.7. The molecular formula is C30H37N3O5. The molecule has 3 N–H and O–H groups in total. The van der Waals surface area contributed by atoms with E-state index in [1.807, 2.05) is 77.9 Å². The van der Waals surface area contributed by atoms with Crippen molar-refractivity contribution in [1.29, 1.82) is 0 Å². The number of carbonyl (C=O) groups is 3. The topological polar surface area (TPSA) is 106 Å². The van der Waals surface area contributed by atoms with Gasteiger partial charge in [-0.2, -0.15) is 0 Å². The standard InChI is InChI=1S/C30H37N3O5/c1-18-12-19(2)26(20(3)13-18)33-29(36)32-24-15-22-11-9-8-10-21(22)14-23(24)27(34)31-25(28(35)37-7)16-38-17-30(4,5)6/h8-15,25H,16-17H2,1-7H3,(H,31,34)(H2,32,33,36)/t25-/m0/s1. The minimum Gasteiger partial charge on any atom is -0.467 e. The van der Waals surface area contributed by atoms with Crippen molar-refractivity contribution in [2.24, 2.45) is 5.41 Å². The fraction of sp³-hybridized carbons (Fsp3) is 0.367. The van der Waals surface area contributed by atoms with Gasteiger partial charge in [-0.05, 0) is 60.2 Å². The van der Waals surface area contributed by atoms with Crippen LogP contribution in [0.1, 0.15) is 47.8 Å². The molecule has 0 aliphatic carbocycles. The first-order chi connectivity index (χ1) is 17.9. The molecule has 38 heavy (non-hydrogen) atoms. The van der Waals surface area contributed by atoms with Crippen LogP contribution in [0.3, 0.4) is 0 Å². The zero-order chi connectivity index (χ0) is 28.0. The number of fused-ring (bicyclic) bond motifs is 1. The van der Waals surface area contributed by atoms with Gasteiger partial charge in [-0.3, -0.25) is 4.79 Å². The van der Waals surface area contributed by atoms with Crippen LogP contribution in [0, 0.1) is 26.2 Å². The third kappa shape index (κ3) is 7.55. The summed E-state index contributed by atoms with van der Waals surface area (Å²) < 4.78 is 10.6. The van der Waals surface area contributed by atoms with Gasteiger partial charge >= 0.3 is 12.0 Å². The van der Waals surface area contributed by atoms with Crippen molar-refractivity contribution in [3.8, 4) is 0 Å². The van der Waals surface area contributed by atoms with Crippen molar-refractivity contribution in [2.45, 2.75) is 47.6 Å². The van der Waals surface area contributed by atoms with Crippen molar-refractivity contribution >= 4 is 40.1 Å². The second-order valence-electron chi connectivity index (χ2n) is 10.7. The second kappa shape index (κ2) is 12.1. The quantitative estimate of drug-likeness (QED) is 0.329. The molecule has 0 aliphatic heterocycles. The summed E-state index contributed by atoms with van der Waals surface area (Å²) in [7, 11) is 1.26. The highest BCUT2D eigenvalue weighted by Crippen LogP contribution is 2.26. The molecule has 0 radical (unpaired) electrons. The smallest absolute Gasteiger partial charge is 0.330 e. The number of esters is 1. The normalized spacial score (nSPS) is 12.1. The van der Waals surface area contributed by atoms with Gasteiger partial charge in [0.2, 0.25) is 0 Å². The molecule has 8 heteroatoms. The highest BCUT2D eigenvalue weighted by Gasteiger charge is 2.25. The molecule has 0 spiro atoms. The molecule has 0 saturated heterocycles. The average Bonchev–Trinajstić information content (AvgIpc) is 2.83. The van der Waals surface area contributed by atoms with Gasteiger partial charge in [-0.1, -0.05) is 62.7 Å². The third-order valence-corrected chi connectivity index (χ3v) is 5.90. The number of benzene rings is 3. The Balaban J connectivity index is 1.88. The Morgan fingerprint density at radius 3 is 2.08 bits per heavy atom. The number of methoxy groups -OCH3 is 1. The van der Waals surface area contributed by atoms with E-state index in [0.717, 1.165) is 27.5 Å². The number of nitrogens with one attached hydrogen (secondary N) is 3. The molecule has 0 bridgehead atoms. The van der Waals surface area contributed by atoms with Gasteiger partial charge in [0.05, 0.1) is 31.6 Å². The molecular weight excluding hydrogens is 482 g/mol. The van der Waals surface area contributed by atoms with Crippen molar-refractivity contribution in [1.82, 2.24) is 5.32 Å². The monoisotopic (exact) mass is 519 g/mol. The van der Waals surface area contributed by atoms with E-state index in [1.165, 1.54) is 7.11 Å². The Morgan fingerprint density at radius 1 is 0.895 bits per heavy atom. The van der Waals surface area contributed by atoms with Gasteiger partial charge < -0.3 is 25.4 Å². The number of aryl methyl sites for hydroxylation is 3. The minimum absolute atomic E-state index is 0.0432. The fourth-order valence-corrected chi connectivity index (χ4v) is 4.21. The van der Waals surface area contributed by atoms with Crippen LogP contribution < -0.4 is 16.0 Å². The van der Waals surface area contributed by atoms with Gasteiger partial charge in [0, 0.05) is 5.69 Å². The lowest BCUT2D eigenvalue weighted by Gasteiger charge is -2.22. The van der Waals surface area contributed by atoms with Crippen LogP contribution in [0.5, 0.6) is 0 Å². The largest absolute Gasteiger partial charge is 0.467 e. The van der Waals surface area contributed by atoms with E-state index in [-0.39, 0.29) is 17.6 Å². The molecule has 3 aromatic rings. The van der Waals surface area contributed by atoms with Crippen LogP contribution in [0.4, 0.5) is 16.2 Å². The highest BCUT2D eigenvalue weighted by molar-refractivity contribution is 6.10. The van der Waals surface area contributed by atoms with Crippen molar-refractivity contribution in [3.63, 3.8) is 0 Å². The maximum atomic E-state index is 13.4. The van der Waals surface area contributed by atoms with Crippen LogP contribution in [0.2, 0.25) is 0 Å². The number of hydrogen-bond acceptors (Lipinski definition) is 5. The molecule has 0 aliphatic rings. The van der Waals surface area contributed by atoms with Crippen LogP contribution in [-0.2, 0) is 14.3 Å². The third-order valence-electron chi connectivity index (χ3n) is 5.90. The molecule has 1 atom stereocenters. The number of ether oxygens (including phenoxy) is 2. The summed E-state index contributed by atoms with van der Waals surface area (Å²) in [6.07, 6.45) is 0. The Kier molecular flexibility index (Phi) is 9.12. The summed E-state index contributed by atoms with van der Waals surface area (Å²) in [4.78, 5) is 38.9. The van der Waals surface area contributed by atoms with Crippen molar-refractivity contribution < 1.29 is 23.9 Å². The lowest BCUT2D eigenvalue weighted by atomic mass is 9.99. The van der Waals surface area contributed by atoms with E-state index < -0.39 is 23.9 Å². The molecule has 0 heterocycles. The van der Waals surface area contributed by atoms with Gasteiger partial charge in [-0.15, -0.1) is 0 Å². The number of urea groups is 1. The summed E-state index contributed by atoms with van der Waals surface area (Å²) >= 11 is 0. The van der Waals surface area contributed by atoms with Gasteiger partial charge in [0.15, 0.2) is 6.04 Å². The molecule has 0 saturated carbocycles. The molecule has 8 nitrogen and oxygen atoms in total. The van der Waals surface area contributed by atoms with Crippen LogP contribution in [0.15, 0.2) is 48.5 Å². The Labute approximate surface area is 224 Å². The van der Waals surface area contributed by atoms with E-state index >= 15 is 0 Å².